The Morgan fingerprint density at radius 1 is 1.25 bits per heavy atom. The van der Waals surface area contributed by atoms with Crippen molar-refractivity contribution in [3.8, 4) is 0 Å². The van der Waals surface area contributed by atoms with Gasteiger partial charge in [-0.15, -0.1) is 0 Å². The first-order valence-electron chi connectivity index (χ1n) is 4.21. The molecule has 9 heteroatoms. The van der Waals surface area contributed by atoms with Gasteiger partial charge in [-0.05, 0) is 0 Å². The van der Waals surface area contributed by atoms with Gasteiger partial charge in [0.2, 0.25) is 0 Å². The van der Waals surface area contributed by atoms with Crippen LogP contribution in [0.3, 0.4) is 0 Å². The summed E-state index contributed by atoms with van der Waals surface area (Å²) in [6.45, 7) is 0.465. The number of carboxylic acids is 1. The topological polar surface area (TPSA) is 132 Å². The van der Waals surface area contributed by atoms with Crippen molar-refractivity contribution in [2.24, 2.45) is 0 Å². The number of hydrogen-bond acceptors (Lipinski definition) is 4. The molecule has 0 spiro atoms. The van der Waals surface area contributed by atoms with Gasteiger partial charge in [0.15, 0.2) is 0 Å². The predicted octanol–water partition coefficient (Wildman–Crippen LogP) is -1.12. The van der Waals surface area contributed by atoms with Gasteiger partial charge in [-0.1, -0.05) is 0 Å². The summed E-state index contributed by atoms with van der Waals surface area (Å²) >= 11 is 0. The Kier molecular flexibility index (Phi) is 7.46. The highest BCUT2D eigenvalue weighted by atomic mass is 32.3. The minimum absolute atomic E-state index is 0.171. The minimum atomic E-state index is -4.67. The second kappa shape index (κ2) is 6.76. The van der Waals surface area contributed by atoms with Crippen LogP contribution in [0.2, 0.25) is 0 Å². The Hall–Kier alpha value is -0.740. The van der Waals surface area contributed by atoms with Crippen molar-refractivity contribution in [2.75, 3.05) is 27.7 Å². The second-order valence-electron chi connectivity index (χ2n) is 4.17. The van der Waals surface area contributed by atoms with E-state index in [9.17, 15) is 4.79 Å². The van der Waals surface area contributed by atoms with Gasteiger partial charge in [0.1, 0.15) is 12.6 Å². The molecule has 0 saturated heterocycles. The molecule has 98 valence electrons. The zero-order valence-electron chi connectivity index (χ0n) is 9.36. The number of carboxylic acid groups (broad SMARTS) is 1. The van der Waals surface area contributed by atoms with Crippen LogP contribution in [0, 0.1) is 0 Å². The average Bonchev–Trinajstić information content (AvgIpc) is 1.72. The molecule has 0 saturated carbocycles. The lowest BCUT2D eigenvalue weighted by Gasteiger charge is -2.25. The summed E-state index contributed by atoms with van der Waals surface area (Å²) in [6, 6.07) is 0. The lowest BCUT2D eigenvalue weighted by atomic mass is 10.2. The summed E-state index contributed by atoms with van der Waals surface area (Å²) in [7, 11) is 1.06. The molecular weight excluding hydrogens is 242 g/mol. The highest BCUT2D eigenvalue weighted by Gasteiger charge is 2.17. The third-order valence-electron chi connectivity index (χ3n) is 1.17. The molecule has 0 aliphatic heterocycles. The van der Waals surface area contributed by atoms with E-state index in [-0.39, 0.29) is 6.42 Å². The normalized spacial score (nSPS) is 13.6. The standard InChI is InChI=1S/C7H15NO3.H2O4S/c1-8(2,3)5-6(9)4-7(10)11;1-5(2,3)4/h6,9H,4-5H2,1-3H3;(H2,1,2,3,4)/p+1/t6-;/m1./s1. The fourth-order valence-corrected chi connectivity index (χ4v) is 0.898. The SMILES string of the molecule is C[N+](C)(C)C[C@H](O)CC(=O)O.O=S(=O)(O)O. The second-order valence-corrected chi connectivity index (χ2v) is 5.07. The van der Waals surface area contributed by atoms with Gasteiger partial charge >= 0.3 is 16.4 Å². The first-order chi connectivity index (χ1) is 6.81. The molecule has 0 aromatic heterocycles. The number of aliphatic carboxylic acids is 1. The van der Waals surface area contributed by atoms with E-state index < -0.39 is 22.5 Å². The summed E-state index contributed by atoms with van der Waals surface area (Å²) in [4.78, 5) is 10.1. The predicted molar refractivity (Wildman–Crippen MR) is 55.3 cm³/mol. The molecule has 0 aromatic carbocycles. The summed E-state index contributed by atoms with van der Waals surface area (Å²) in [6.07, 6.45) is -0.914. The lowest BCUT2D eigenvalue weighted by molar-refractivity contribution is -0.873. The van der Waals surface area contributed by atoms with Crippen LogP contribution >= 0.6 is 0 Å². The summed E-state index contributed by atoms with van der Waals surface area (Å²) in [5.41, 5.74) is 0. The number of hydrogen-bond donors (Lipinski definition) is 4. The van der Waals surface area contributed by atoms with Crippen LogP contribution in [0.4, 0.5) is 0 Å². The molecule has 0 radical (unpaired) electrons. The fraction of sp³-hybridized carbons (Fsp3) is 0.857. The molecule has 0 unspecified atom stereocenters. The zero-order valence-corrected chi connectivity index (χ0v) is 10.2. The quantitative estimate of drug-likeness (QED) is 0.371. The molecule has 0 heterocycles. The van der Waals surface area contributed by atoms with Crippen molar-refractivity contribution in [2.45, 2.75) is 12.5 Å². The van der Waals surface area contributed by atoms with E-state index in [1.165, 1.54) is 0 Å². The van der Waals surface area contributed by atoms with E-state index in [4.69, 9.17) is 27.7 Å². The third-order valence-corrected chi connectivity index (χ3v) is 1.17. The Balaban J connectivity index is 0. The molecular formula is C7H18NO7S+. The molecule has 0 amide bonds. The Morgan fingerprint density at radius 3 is 1.75 bits per heavy atom. The van der Waals surface area contributed by atoms with Crippen LogP contribution in [-0.2, 0) is 15.2 Å². The molecule has 1 atom stereocenters. The Morgan fingerprint density at radius 2 is 1.56 bits per heavy atom. The van der Waals surface area contributed by atoms with Crippen molar-refractivity contribution in [1.29, 1.82) is 0 Å². The molecule has 0 aromatic rings. The highest BCUT2D eigenvalue weighted by Crippen LogP contribution is 1.98. The van der Waals surface area contributed by atoms with Gasteiger partial charge in [0.05, 0.1) is 27.6 Å². The number of rotatable bonds is 4. The first-order valence-corrected chi connectivity index (χ1v) is 5.61. The Bertz CT molecular complexity index is 297. The maximum Gasteiger partial charge on any atom is 0.394 e. The van der Waals surface area contributed by atoms with Crippen molar-refractivity contribution < 1.29 is 37.0 Å². The van der Waals surface area contributed by atoms with E-state index >= 15 is 0 Å². The smallest absolute Gasteiger partial charge is 0.394 e. The maximum absolute atomic E-state index is 10.1. The van der Waals surface area contributed by atoms with Gasteiger partial charge in [-0.3, -0.25) is 13.9 Å². The maximum atomic E-state index is 10.1. The first kappa shape index (κ1) is 17.6. The number of nitrogens with zero attached hydrogens (tertiary/aromatic N) is 1. The summed E-state index contributed by atoms with van der Waals surface area (Å²) in [5.74, 6) is -0.953. The van der Waals surface area contributed by atoms with E-state index in [0.717, 1.165) is 0 Å². The molecule has 0 bridgehead atoms. The molecule has 0 fully saturated rings. The van der Waals surface area contributed by atoms with Crippen molar-refractivity contribution in [3.05, 3.63) is 0 Å². The van der Waals surface area contributed by atoms with Crippen LogP contribution in [0.25, 0.3) is 0 Å². The number of carbonyl (C=O) groups is 1. The van der Waals surface area contributed by atoms with E-state index in [1.807, 2.05) is 21.1 Å². The number of aliphatic hydroxyl groups excluding tert-OH is 1. The van der Waals surface area contributed by atoms with Crippen LogP contribution in [-0.4, -0.2) is 72.0 Å². The molecule has 0 aliphatic rings. The van der Waals surface area contributed by atoms with Gasteiger partial charge in [0.25, 0.3) is 0 Å². The molecule has 0 aliphatic carbocycles. The van der Waals surface area contributed by atoms with E-state index in [1.54, 1.807) is 0 Å². The third kappa shape index (κ3) is 29.2. The monoisotopic (exact) mass is 260 g/mol. The Labute approximate surface area is 94.3 Å². The van der Waals surface area contributed by atoms with Crippen LogP contribution in [0.5, 0.6) is 0 Å². The molecule has 8 nitrogen and oxygen atoms in total. The van der Waals surface area contributed by atoms with Gasteiger partial charge in [-0.25, -0.2) is 0 Å². The largest absolute Gasteiger partial charge is 0.481 e. The molecule has 0 rings (SSSR count). The van der Waals surface area contributed by atoms with Crippen molar-refractivity contribution in [1.82, 2.24) is 0 Å². The van der Waals surface area contributed by atoms with Crippen LogP contribution in [0.15, 0.2) is 0 Å². The van der Waals surface area contributed by atoms with Gasteiger partial charge < -0.3 is 14.7 Å². The van der Waals surface area contributed by atoms with Gasteiger partial charge in [0, 0.05) is 0 Å². The van der Waals surface area contributed by atoms with E-state index in [2.05, 4.69) is 0 Å². The summed E-state index contributed by atoms with van der Waals surface area (Å²) in [5, 5.41) is 17.5. The number of quaternary nitrogens is 1. The number of aliphatic hydroxyl groups is 1. The number of likely N-dealkylation sites (N-methyl/N-ethyl adjacent to an activating group) is 1. The fourth-order valence-electron chi connectivity index (χ4n) is 0.898. The van der Waals surface area contributed by atoms with Crippen molar-refractivity contribution >= 4 is 16.4 Å². The zero-order chi connectivity index (χ0) is 13.6. The lowest BCUT2D eigenvalue weighted by Crippen LogP contribution is -2.42. The molecule has 4 N–H and O–H groups in total. The summed E-state index contributed by atoms with van der Waals surface area (Å²) < 4.78 is 32.2. The molecule has 16 heavy (non-hydrogen) atoms. The minimum Gasteiger partial charge on any atom is -0.481 e. The van der Waals surface area contributed by atoms with Crippen LogP contribution in [0.1, 0.15) is 6.42 Å². The van der Waals surface area contributed by atoms with E-state index in [0.29, 0.717) is 11.0 Å². The average molecular weight is 260 g/mol. The van der Waals surface area contributed by atoms with Crippen molar-refractivity contribution in [3.63, 3.8) is 0 Å². The van der Waals surface area contributed by atoms with Crippen LogP contribution < -0.4 is 0 Å². The van der Waals surface area contributed by atoms with Gasteiger partial charge in [-0.2, -0.15) is 8.42 Å². The highest BCUT2D eigenvalue weighted by molar-refractivity contribution is 7.79.